The zero-order valence-corrected chi connectivity index (χ0v) is 14.1. The molecule has 0 aliphatic heterocycles. The Bertz CT molecular complexity index is 749. The molecular weight excluding hydrogens is 308 g/mol. The molecule has 0 saturated carbocycles. The number of ether oxygens (including phenoxy) is 1. The highest BCUT2D eigenvalue weighted by Gasteiger charge is 2.15. The average Bonchev–Trinajstić information content (AvgIpc) is 2.54. The molecular formula is C17H20N4O3. The first kappa shape index (κ1) is 17.4. The lowest BCUT2D eigenvalue weighted by molar-refractivity contribution is -0.385. The lowest BCUT2D eigenvalue weighted by atomic mass is 9.86. The molecule has 0 saturated heterocycles. The Morgan fingerprint density at radius 2 is 2.04 bits per heavy atom. The fraction of sp³-hybridized carbons (Fsp3) is 0.294. The summed E-state index contributed by atoms with van der Waals surface area (Å²) in [5.74, 6) is 1.13. The van der Waals surface area contributed by atoms with E-state index in [0.717, 1.165) is 5.56 Å². The topological polar surface area (TPSA) is 89.6 Å². The van der Waals surface area contributed by atoms with Crippen molar-refractivity contribution in [2.75, 3.05) is 12.5 Å². The molecule has 0 unspecified atom stereocenters. The number of hydrogen-bond acceptors (Lipinski definition) is 6. The van der Waals surface area contributed by atoms with Crippen molar-refractivity contribution in [2.45, 2.75) is 26.2 Å². The van der Waals surface area contributed by atoms with Crippen molar-refractivity contribution >= 4 is 17.7 Å². The zero-order valence-electron chi connectivity index (χ0n) is 14.1. The van der Waals surface area contributed by atoms with Gasteiger partial charge in [-0.15, -0.1) is 0 Å². The van der Waals surface area contributed by atoms with E-state index in [1.54, 1.807) is 13.3 Å². The van der Waals surface area contributed by atoms with Crippen LogP contribution in [0, 0.1) is 10.1 Å². The first-order valence-electron chi connectivity index (χ1n) is 7.39. The number of pyridine rings is 1. The molecule has 7 heteroatoms. The Hall–Kier alpha value is -2.96. The Balaban J connectivity index is 2.17. The summed E-state index contributed by atoms with van der Waals surface area (Å²) in [7, 11) is 1.61. The predicted molar refractivity (Wildman–Crippen MR) is 93.8 cm³/mol. The van der Waals surface area contributed by atoms with Crippen molar-refractivity contribution in [3.8, 4) is 5.75 Å². The molecule has 0 radical (unpaired) electrons. The van der Waals surface area contributed by atoms with Crippen molar-refractivity contribution < 1.29 is 9.66 Å². The molecule has 1 aromatic heterocycles. The van der Waals surface area contributed by atoms with Crippen LogP contribution in [0.15, 0.2) is 41.6 Å². The van der Waals surface area contributed by atoms with Crippen LogP contribution < -0.4 is 10.2 Å². The van der Waals surface area contributed by atoms with Gasteiger partial charge in [0.1, 0.15) is 17.8 Å². The van der Waals surface area contributed by atoms with Gasteiger partial charge in [-0.3, -0.25) is 15.5 Å². The van der Waals surface area contributed by atoms with Crippen molar-refractivity contribution in [1.29, 1.82) is 0 Å². The van der Waals surface area contributed by atoms with Crippen molar-refractivity contribution in [3.63, 3.8) is 0 Å². The first-order chi connectivity index (χ1) is 11.3. The van der Waals surface area contributed by atoms with E-state index in [9.17, 15) is 10.1 Å². The van der Waals surface area contributed by atoms with E-state index >= 15 is 0 Å². The van der Waals surface area contributed by atoms with Crippen LogP contribution in [0.4, 0.5) is 11.5 Å². The minimum Gasteiger partial charge on any atom is -0.496 e. The van der Waals surface area contributed by atoms with Gasteiger partial charge >= 0.3 is 0 Å². The molecule has 1 heterocycles. The number of hydrogen-bond donors (Lipinski definition) is 1. The number of aromatic nitrogens is 1. The second-order valence-corrected chi connectivity index (χ2v) is 6.24. The van der Waals surface area contributed by atoms with Crippen LogP contribution >= 0.6 is 0 Å². The summed E-state index contributed by atoms with van der Waals surface area (Å²) in [4.78, 5) is 14.0. The summed E-state index contributed by atoms with van der Waals surface area (Å²) >= 11 is 0. The minimum atomic E-state index is -0.497. The average molecular weight is 328 g/mol. The summed E-state index contributed by atoms with van der Waals surface area (Å²) in [6.45, 7) is 6.40. The van der Waals surface area contributed by atoms with Crippen LogP contribution in [0.3, 0.4) is 0 Å². The molecule has 0 amide bonds. The molecule has 2 aromatic rings. The second-order valence-electron chi connectivity index (χ2n) is 6.24. The summed E-state index contributed by atoms with van der Waals surface area (Å²) in [5.41, 5.74) is 4.70. The minimum absolute atomic E-state index is 0.0161. The van der Waals surface area contributed by atoms with E-state index in [1.165, 1.54) is 23.9 Å². The highest BCUT2D eigenvalue weighted by molar-refractivity contribution is 5.84. The third-order valence-corrected chi connectivity index (χ3v) is 3.44. The normalized spacial score (nSPS) is 11.5. The molecule has 0 fully saturated rings. The lowest BCUT2D eigenvalue weighted by Crippen LogP contribution is -2.11. The molecule has 0 bridgehead atoms. The standard InChI is InChI=1S/C17H20N4O3/c1-17(2,3)13-5-7-15(24-4)12(9-13)10-19-20-16-8-6-14(11-18-16)21(22)23/h5-11H,1-4H3,(H,18,20). The zero-order chi connectivity index (χ0) is 17.7. The van der Waals surface area contributed by atoms with Crippen LogP contribution in [0.2, 0.25) is 0 Å². The monoisotopic (exact) mass is 328 g/mol. The maximum atomic E-state index is 10.6. The molecule has 1 N–H and O–H groups in total. The number of benzene rings is 1. The molecule has 0 spiro atoms. The highest BCUT2D eigenvalue weighted by atomic mass is 16.6. The number of nitrogens with zero attached hydrogens (tertiary/aromatic N) is 3. The van der Waals surface area contributed by atoms with Crippen LogP contribution in [-0.4, -0.2) is 23.2 Å². The lowest BCUT2D eigenvalue weighted by Gasteiger charge is -2.20. The largest absolute Gasteiger partial charge is 0.496 e. The Kier molecular flexibility index (Phi) is 5.13. The van der Waals surface area contributed by atoms with Gasteiger partial charge in [0.05, 0.1) is 18.2 Å². The van der Waals surface area contributed by atoms with E-state index < -0.39 is 4.92 Å². The molecule has 2 rings (SSSR count). The molecule has 126 valence electrons. The first-order valence-corrected chi connectivity index (χ1v) is 7.39. The van der Waals surface area contributed by atoms with Gasteiger partial charge in [-0.25, -0.2) is 4.98 Å². The fourth-order valence-corrected chi connectivity index (χ4v) is 2.03. The number of nitro groups is 1. The second kappa shape index (κ2) is 7.08. The van der Waals surface area contributed by atoms with Crippen LogP contribution in [0.1, 0.15) is 31.9 Å². The Morgan fingerprint density at radius 3 is 2.58 bits per heavy atom. The molecule has 7 nitrogen and oxygen atoms in total. The third kappa shape index (κ3) is 4.28. The summed E-state index contributed by atoms with van der Waals surface area (Å²) < 4.78 is 5.35. The van der Waals surface area contributed by atoms with Gasteiger partial charge < -0.3 is 4.74 Å². The summed E-state index contributed by atoms with van der Waals surface area (Å²) in [5, 5.41) is 14.7. The number of hydrazone groups is 1. The van der Waals surface area contributed by atoms with Crippen molar-refractivity contribution in [1.82, 2.24) is 4.98 Å². The van der Waals surface area contributed by atoms with Gasteiger partial charge in [-0.2, -0.15) is 5.10 Å². The van der Waals surface area contributed by atoms with Gasteiger partial charge in [0.25, 0.3) is 5.69 Å². The maximum absolute atomic E-state index is 10.6. The van der Waals surface area contributed by atoms with E-state index in [0.29, 0.717) is 11.6 Å². The van der Waals surface area contributed by atoms with Crippen molar-refractivity contribution in [3.05, 3.63) is 57.8 Å². The van der Waals surface area contributed by atoms with Crippen LogP contribution in [-0.2, 0) is 5.41 Å². The van der Waals surface area contributed by atoms with Gasteiger partial charge in [-0.05, 0) is 29.2 Å². The van der Waals surface area contributed by atoms with E-state index in [2.05, 4.69) is 36.3 Å². The Morgan fingerprint density at radius 1 is 1.29 bits per heavy atom. The molecule has 0 aliphatic carbocycles. The van der Waals surface area contributed by atoms with E-state index in [4.69, 9.17) is 4.74 Å². The van der Waals surface area contributed by atoms with Gasteiger partial charge in [0.2, 0.25) is 0 Å². The number of nitrogens with one attached hydrogen (secondary N) is 1. The van der Waals surface area contributed by atoms with E-state index in [-0.39, 0.29) is 11.1 Å². The Labute approximate surface area is 140 Å². The summed E-state index contributed by atoms with van der Waals surface area (Å²) in [6, 6.07) is 8.82. The van der Waals surface area contributed by atoms with Gasteiger partial charge in [0.15, 0.2) is 0 Å². The van der Waals surface area contributed by atoms with Gasteiger partial charge in [0, 0.05) is 11.6 Å². The number of rotatable bonds is 5. The molecule has 1 aromatic carbocycles. The highest BCUT2D eigenvalue weighted by Crippen LogP contribution is 2.27. The van der Waals surface area contributed by atoms with Crippen LogP contribution in [0.5, 0.6) is 5.75 Å². The quantitative estimate of drug-likeness (QED) is 0.513. The van der Waals surface area contributed by atoms with Crippen molar-refractivity contribution in [2.24, 2.45) is 5.10 Å². The SMILES string of the molecule is COc1ccc(C(C)(C)C)cc1C=NNc1ccc([N+](=O)[O-])cn1. The van der Waals surface area contributed by atoms with Gasteiger partial charge in [-0.1, -0.05) is 26.8 Å². The molecule has 0 atom stereocenters. The summed E-state index contributed by atoms with van der Waals surface area (Å²) in [6.07, 6.45) is 2.82. The predicted octanol–water partition coefficient (Wildman–Crippen LogP) is 3.74. The third-order valence-electron chi connectivity index (χ3n) is 3.44. The maximum Gasteiger partial charge on any atom is 0.287 e. The molecule has 0 aliphatic rings. The number of anilines is 1. The smallest absolute Gasteiger partial charge is 0.287 e. The van der Waals surface area contributed by atoms with E-state index in [1.807, 2.05) is 18.2 Å². The number of methoxy groups -OCH3 is 1. The fourth-order valence-electron chi connectivity index (χ4n) is 2.03. The molecule has 24 heavy (non-hydrogen) atoms. The van der Waals surface area contributed by atoms with Crippen LogP contribution in [0.25, 0.3) is 0 Å².